The Bertz CT molecular complexity index is 318. The topological polar surface area (TPSA) is 0 Å². The van der Waals surface area contributed by atoms with E-state index in [4.69, 9.17) is 0 Å². The Balaban J connectivity index is 0.000000141. The molecule has 0 amide bonds. The first kappa shape index (κ1) is 18.8. The molecule has 24 heavy (non-hydrogen) atoms. The average molecular weight is 333 g/mol. The first-order valence-corrected chi connectivity index (χ1v) is 11.7. The highest BCUT2D eigenvalue weighted by Gasteiger charge is 2.34. The van der Waals surface area contributed by atoms with Crippen molar-refractivity contribution < 1.29 is 0 Å². The molecule has 4 atom stereocenters. The minimum Gasteiger partial charge on any atom is -0.0625 e. The molecule has 0 radical (unpaired) electrons. The van der Waals surface area contributed by atoms with Crippen LogP contribution in [0.1, 0.15) is 117 Å². The fourth-order valence-electron chi connectivity index (χ4n) is 6.67. The van der Waals surface area contributed by atoms with Gasteiger partial charge in [0, 0.05) is 0 Å². The van der Waals surface area contributed by atoms with Gasteiger partial charge in [0.1, 0.15) is 0 Å². The monoisotopic (exact) mass is 332 g/mol. The van der Waals surface area contributed by atoms with E-state index in [2.05, 4.69) is 13.8 Å². The molecule has 4 rings (SSSR count). The molecule has 0 aromatic heterocycles. The second-order valence-electron chi connectivity index (χ2n) is 10.0. The summed E-state index contributed by atoms with van der Waals surface area (Å²) >= 11 is 0. The highest BCUT2D eigenvalue weighted by atomic mass is 14.4. The summed E-state index contributed by atoms with van der Waals surface area (Å²) in [5.74, 6) is 6.55. The molecule has 0 bridgehead atoms. The molecule has 0 spiro atoms. The summed E-state index contributed by atoms with van der Waals surface area (Å²) in [6.45, 7) is 4.92. The molecule has 0 saturated heterocycles. The van der Waals surface area contributed by atoms with Crippen LogP contribution >= 0.6 is 0 Å². The lowest BCUT2D eigenvalue weighted by Crippen LogP contribution is -2.32. The van der Waals surface area contributed by atoms with Gasteiger partial charge in [-0.2, -0.15) is 0 Å². The van der Waals surface area contributed by atoms with Gasteiger partial charge in [-0.1, -0.05) is 104 Å². The minimum atomic E-state index is 1.02. The highest BCUT2D eigenvalue weighted by molar-refractivity contribution is 4.85. The van der Waals surface area contributed by atoms with Gasteiger partial charge in [-0.15, -0.1) is 0 Å². The zero-order valence-corrected chi connectivity index (χ0v) is 16.8. The molecule has 4 unspecified atom stereocenters. The molecule has 4 saturated carbocycles. The fraction of sp³-hybridized carbons (Fsp3) is 1.00. The highest BCUT2D eigenvalue weighted by Crippen LogP contribution is 2.45. The van der Waals surface area contributed by atoms with E-state index in [1.54, 1.807) is 32.1 Å². The van der Waals surface area contributed by atoms with Crippen molar-refractivity contribution in [1.29, 1.82) is 0 Å². The van der Waals surface area contributed by atoms with Gasteiger partial charge in [0.25, 0.3) is 0 Å². The van der Waals surface area contributed by atoms with Crippen molar-refractivity contribution in [3.05, 3.63) is 0 Å². The van der Waals surface area contributed by atoms with Gasteiger partial charge >= 0.3 is 0 Å². The number of fused-ring (bicyclic) bond motifs is 1. The molecular weight excluding hydrogens is 288 g/mol. The van der Waals surface area contributed by atoms with Crippen molar-refractivity contribution in [3.8, 4) is 0 Å². The Morgan fingerprint density at radius 3 is 1.58 bits per heavy atom. The second kappa shape index (κ2) is 9.63. The van der Waals surface area contributed by atoms with Crippen LogP contribution in [0.2, 0.25) is 0 Å². The van der Waals surface area contributed by atoms with Crippen molar-refractivity contribution >= 4 is 0 Å². The van der Waals surface area contributed by atoms with Crippen LogP contribution in [0.5, 0.6) is 0 Å². The van der Waals surface area contributed by atoms with Gasteiger partial charge in [0.15, 0.2) is 0 Å². The molecule has 0 aromatic carbocycles. The summed E-state index contributed by atoms with van der Waals surface area (Å²) in [6, 6.07) is 0. The van der Waals surface area contributed by atoms with Crippen molar-refractivity contribution in [2.45, 2.75) is 117 Å². The van der Waals surface area contributed by atoms with Crippen LogP contribution in [0.25, 0.3) is 0 Å². The van der Waals surface area contributed by atoms with Crippen LogP contribution in [-0.4, -0.2) is 0 Å². The van der Waals surface area contributed by atoms with E-state index in [1.807, 2.05) is 0 Å². The lowest BCUT2D eigenvalue weighted by atomic mass is 9.64. The Kier molecular flexibility index (Phi) is 7.54. The van der Waals surface area contributed by atoms with E-state index in [0.717, 1.165) is 35.5 Å². The summed E-state index contributed by atoms with van der Waals surface area (Å²) in [6.07, 6.45) is 24.5. The van der Waals surface area contributed by atoms with Crippen LogP contribution in [-0.2, 0) is 0 Å². The third kappa shape index (κ3) is 5.25. The molecule has 0 aromatic rings. The normalized spacial score (nSPS) is 38.8. The summed E-state index contributed by atoms with van der Waals surface area (Å²) in [5.41, 5.74) is 0. The maximum absolute atomic E-state index is 2.48. The minimum absolute atomic E-state index is 1.02. The Morgan fingerprint density at radius 1 is 0.458 bits per heavy atom. The quantitative estimate of drug-likeness (QED) is 0.456. The van der Waals surface area contributed by atoms with E-state index >= 15 is 0 Å². The Labute approximate surface area is 152 Å². The van der Waals surface area contributed by atoms with Gasteiger partial charge in [0.2, 0.25) is 0 Å². The van der Waals surface area contributed by atoms with E-state index in [9.17, 15) is 0 Å². The fourth-order valence-corrected chi connectivity index (χ4v) is 6.67. The summed E-state index contributed by atoms with van der Waals surface area (Å²) in [4.78, 5) is 0. The van der Waals surface area contributed by atoms with Crippen LogP contribution < -0.4 is 0 Å². The first-order chi connectivity index (χ1) is 11.7. The second-order valence-corrected chi connectivity index (χ2v) is 10.0. The van der Waals surface area contributed by atoms with Crippen molar-refractivity contribution in [2.24, 2.45) is 35.5 Å². The standard InChI is InChI=1S/2C12H22/c1-9-6-7-11-5-3-4-10(2)12(11)8-9;1-3-7-11(8-4-1)12-9-5-2-6-10-12/h9-12H,3-8H2,1-2H3;11-12H,1-10H2. The molecule has 140 valence electrons. The van der Waals surface area contributed by atoms with E-state index in [0.29, 0.717) is 0 Å². The molecule has 0 aliphatic heterocycles. The average Bonchev–Trinajstić information content (AvgIpc) is 2.65. The largest absolute Gasteiger partial charge is 0.0625 e. The summed E-state index contributed by atoms with van der Waals surface area (Å²) < 4.78 is 0. The van der Waals surface area contributed by atoms with E-state index in [1.165, 1.54) is 70.6 Å². The third-order valence-electron chi connectivity index (χ3n) is 8.24. The maximum Gasteiger partial charge on any atom is -0.0358 e. The Hall–Kier alpha value is 0. The van der Waals surface area contributed by atoms with E-state index in [-0.39, 0.29) is 0 Å². The van der Waals surface area contributed by atoms with Crippen molar-refractivity contribution in [3.63, 3.8) is 0 Å². The lowest BCUT2D eigenvalue weighted by Gasteiger charge is -2.42. The molecular formula is C24H44. The van der Waals surface area contributed by atoms with Crippen LogP contribution in [0.3, 0.4) is 0 Å². The maximum atomic E-state index is 2.48. The van der Waals surface area contributed by atoms with Gasteiger partial charge in [-0.25, -0.2) is 0 Å². The van der Waals surface area contributed by atoms with E-state index < -0.39 is 0 Å². The molecule has 4 aliphatic carbocycles. The predicted octanol–water partition coefficient (Wildman–Crippen LogP) is 8.01. The first-order valence-electron chi connectivity index (χ1n) is 11.7. The molecule has 0 heteroatoms. The summed E-state index contributed by atoms with van der Waals surface area (Å²) in [7, 11) is 0. The molecule has 0 nitrogen and oxygen atoms in total. The van der Waals surface area contributed by atoms with Gasteiger partial charge < -0.3 is 0 Å². The molecule has 0 N–H and O–H groups in total. The lowest BCUT2D eigenvalue weighted by molar-refractivity contribution is 0.0880. The third-order valence-corrected chi connectivity index (χ3v) is 8.24. The molecule has 0 heterocycles. The number of rotatable bonds is 1. The molecule has 4 fully saturated rings. The summed E-state index contributed by atoms with van der Waals surface area (Å²) in [5, 5.41) is 0. The van der Waals surface area contributed by atoms with Crippen molar-refractivity contribution in [1.82, 2.24) is 0 Å². The smallest absolute Gasteiger partial charge is 0.0358 e. The zero-order valence-electron chi connectivity index (χ0n) is 16.8. The van der Waals surface area contributed by atoms with Crippen LogP contribution in [0.4, 0.5) is 0 Å². The SMILES string of the molecule is C1CCC(C2CCCCC2)CC1.CC1CCC2CCCC(C)C2C1. The van der Waals surface area contributed by atoms with Crippen molar-refractivity contribution in [2.75, 3.05) is 0 Å². The zero-order chi connectivity index (χ0) is 16.8. The van der Waals surface area contributed by atoms with Gasteiger partial charge in [-0.3, -0.25) is 0 Å². The number of hydrogen-bond donors (Lipinski definition) is 0. The van der Waals surface area contributed by atoms with Crippen LogP contribution in [0, 0.1) is 35.5 Å². The van der Waals surface area contributed by atoms with Gasteiger partial charge in [-0.05, 0) is 48.3 Å². The predicted molar refractivity (Wildman–Crippen MR) is 106 cm³/mol. The Morgan fingerprint density at radius 2 is 1.00 bits per heavy atom. The number of hydrogen-bond acceptors (Lipinski definition) is 0. The van der Waals surface area contributed by atoms with Crippen LogP contribution in [0.15, 0.2) is 0 Å². The molecule has 4 aliphatic rings. The van der Waals surface area contributed by atoms with Gasteiger partial charge in [0.05, 0.1) is 0 Å².